The van der Waals surface area contributed by atoms with Gasteiger partial charge < -0.3 is 10.6 Å². The summed E-state index contributed by atoms with van der Waals surface area (Å²) < 4.78 is 0. The van der Waals surface area contributed by atoms with Gasteiger partial charge in [0, 0.05) is 0 Å². The van der Waals surface area contributed by atoms with E-state index in [-0.39, 0.29) is 0 Å². The van der Waals surface area contributed by atoms with Crippen LogP contribution in [0.15, 0.2) is 0 Å². The van der Waals surface area contributed by atoms with Gasteiger partial charge in [0.2, 0.25) is 0 Å². The Hall–Kier alpha value is -0.0800. The highest BCUT2D eigenvalue weighted by Gasteiger charge is 2.18. The van der Waals surface area contributed by atoms with Crippen LogP contribution in [0, 0.1) is 11.8 Å². The van der Waals surface area contributed by atoms with E-state index < -0.39 is 0 Å². The predicted octanol–water partition coefficient (Wildman–Crippen LogP) is 3.96. The molecule has 2 N–H and O–H groups in total. The van der Waals surface area contributed by atoms with Gasteiger partial charge in [-0.15, -0.1) is 0 Å². The molecule has 0 radical (unpaired) electrons. The Labute approximate surface area is 121 Å². The minimum absolute atomic E-state index is 0.920. The van der Waals surface area contributed by atoms with Gasteiger partial charge in [0.1, 0.15) is 0 Å². The quantitative estimate of drug-likeness (QED) is 0.463. The maximum absolute atomic E-state index is 3.61. The molecule has 1 atom stereocenters. The Morgan fingerprint density at radius 3 is 2.16 bits per heavy atom. The molecule has 0 amide bonds. The van der Waals surface area contributed by atoms with E-state index in [1.807, 2.05) is 0 Å². The Balaban J connectivity index is 1.93. The summed E-state index contributed by atoms with van der Waals surface area (Å²) in [7, 11) is 0. The third-order valence-corrected chi connectivity index (χ3v) is 4.61. The summed E-state index contributed by atoms with van der Waals surface area (Å²) in [6.07, 6.45) is 12.8. The van der Waals surface area contributed by atoms with E-state index in [2.05, 4.69) is 24.5 Å². The summed E-state index contributed by atoms with van der Waals surface area (Å²) in [6, 6.07) is 0. The lowest BCUT2D eigenvalue weighted by Crippen LogP contribution is -2.25. The first kappa shape index (κ1) is 17.0. The lowest BCUT2D eigenvalue weighted by molar-refractivity contribution is 0.300. The SMILES string of the molecule is CCCNCCCNCCC(C)C1CCCCCC1. The molecular weight excluding hydrogens is 232 g/mol. The van der Waals surface area contributed by atoms with Crippen LogP contribution in [0.2, 0.25) is 0 Å². The van der Waals surface area contributed by atoms with Crippen molar-refractivity contribution in [1.82, 2.24) is 10.6 Å². The van der Waals surface area contributed by atoms with Gasteiger partial charge in [0.25, 0.3) is 0 Å². The predicted molar refractivity (Wildman–Crippen MR) is 85.6 cm³/mol. The lowest BCUT2D eigenvalue weighted by atomic mass is 9.85. The van der Waals surface area contributed by atoms with Crippen LogP contribution in [0.3, 0.4) is 0 Å². The highest BCUT2D eigenvalue weighted by Crippen LogP contribution is 2.30. The van der Waals surface area contributed by atoms with Gasteiger partial charge in [-0.1, -0.05) is 52.4 Å². The highest BCUT2D eigenvalue weighted by atomic mass is 14.9. The van der Waals surface area contributed by atoms with Crippen molar-refractivity contribution in [3.63, 3.8) is 0 Å². The van der Waals surface area contributed by atoms with E-state index in [0.717, 1.165) is 11.8 Å². The molecule has 19 heavy (non-hydrogen) atoms. The van der Waals surface area contributed by atoms with Crippen molar-refractivity contribution in [2.75, 3.05) is 26.2 Å². The molecule has 0 bridgehead atoms. The van der Waals surface area contributed by atoms with E-state index in [0.29, 0.717) is 0 Å². The second-order valence-corrected chi connectivity index (χ2v) is 6.37. The number of hydrogen-bond donors (Lipinski definition) is 2. The maximum atomic E-state index is 3.61. The van der Waals surface area contributed by atoms with E-state index in [4.69, 9.17) is 0 Å². The standard InChI is InChI=1S/C17H36N2/c1-3-12-18-13-8-14-19-15-11-16(2)17-9-6-4-5-7-10-17/h16-19H,3-15H2,1-2H3. The van der Waals surface area contributed by atoms with Crippen molar-refractivity contribution < 1.29 is 0 Å². The summed E-state index contributed by atoms with van der Waals surface area (Å²) in [6.45, 7) is 9.41. The van der Waals surface area contributed by atoms with Gasteiger partial charge in [-0.05, 0) is 57.3 Å². The molecular formula is C17H36N2. The van der Waals surface area contributed by atoms with Crippen LogP contribution in [-0.4, -0.2) is 26.2 Å². The summed E-state index contributed by atoms with van der Waals surface area (Å²) in [5, 5.41) is 7.06. The Kier molecular flexibility index (Phi) is 10.5. The Bertz CT molecular complexity index is 186. The molecule has 1 rings (SSSR count). The molecule has 2 heteroatoms. The molecule has 1 fully saturated rings. The third kappa shape index (κ3) is 8.65. The molecule has 1 aliphatic carbocycles. The fraction of sp³-hybridized carbons (Fsp3) is 1.00. The number of rotatable bonds is 10. The first-order valence-corrected chi connectivity index (χ1v) is 8.76. The second kappa shape index (κ2) is 11.7. The maximum Gasteiger partial charge on any atom is -0.00368 e. The molecule has 114 valence electrons. The van der Waals surface area contributed by atoms with Gasteiger partial charge in [-0.2, -0.15) is 0 Å². The molecule has 1 aliphatic rings. The zero-order valence-corrected chi connectivity index (χ0v) is 13.3. The smallest absolute Gasteiger partial charge is 0.00368 e. The first-order valence-electron chi connectivity index (χ1n) is 8.76. The number of nitrogens with one attached hydrogen (secondary N) is 2. The molecule has 1 saturated carbocycles. The average Bonchev–Trinajstić information content (AvgIpc) is 2.70. The van der Waals surface area contributed by atoms with E-state index in [1.54, 1.807) is 0 Å². The second-order valence-electron chi connectivity index (χ2n) is 6.37. The van der Waals surface area contributed by atoms with Crippen molar-refractivity contribution in [3.8, 4) is 0 Å². The molecule has 2 nitrogen and oxygen atoms in total. The molecule has 0 saturated heterocycles. The van der Waals surface area contributed by atoms with E-state index in [9.17, 15) is 0 Å². The van der Waals surface area contributed by atoms with Crippen LogP contribution in [0.5, 0.6) is 0 Å². The van der Waals surface area contributed by atoms with Crippen LogP contribution in [0.25, 0.3) is 0 Å². The third-order valence-electron chi connectivity index (χ3n) is 4.61. The summed E-state index contributed by atoms with van der Waals surface area (Å²) in [5.74, 6) is 1.93. The fourth-order valence-electron chi connectivity index (χ4n) is 3.21. The summed E-state index contributed by atoms with van der Waals surface area (Å²) in [5.41, 5.74) is 0. The molecule has 0 heterocycles. The van der Waals surface area contributed by atoms with Crippen LogP contribution in [-0.2, 0) is 0 Å². The monoisotopic (exact) mass is 268 g/mol. The van der Waals surface area contributed by atoms with Crippen molar-refractivity contribution in [1.29, 1.82) is 0 Å². The Morgan fingerprint density at radius 1 is 0.895 bits per heavy atom. The summed E-state index contributed by atoms with van der Waals surface area (Å²) >= 11 is 0. The van der Waals surface area contributed by atoms with Crippen LogP contribution in [0.4, 0.5) is 0 Å². The number of hydrogen-bond acceptors (Lipinski definition) is 2. The topological polar surface area (TPSA) is 24.1 Å². The van der Waals surface area contributed by atoms with Crippen molar-refractivity contribution in [2.24, 2.45) is 11.8 Å². The first-order chi connectivity index (χ1) is 9.34. The van der Waals surface area contributed by atoms with Crippen molar-refractivity contribution >= 4 is 0 Å². The molecule has 0 spiro atoms. The molecule has 0 aliphatic heterocycles. The molecule has 0 aromatic heterocycles. The van der Waals surface area contributed by atoms with Gasteiger partial charge >= 0.3 is 0 Å². The van der Waals surface area contributed by atoms with E-state index >= 15 is 0 Å². The average molecular weight is 268 g/mol. The van der Waals surface area contributed by atoms with Crippen molar-refractivity contribution in [3.05, 3.63) is 0 Å². The minimum Gasteiger partial charge on any atom is -0.317 e. The highest BCUT2D eigenvalue weighted by molar-refractivity contribution is 4.71. The Morgan fingerprint density at radius 2 is 1.53 bits per heavy atom. The van der Waals surface area contributed by atoms with Gasteiger partial charge in [0.05, 0.1) is 0 Å². The normalized spacial score (nSPS) is 19.3. The zero-order valence-electron chi connectivity index (χ0n) is 13.3. The largest absolute Gasteiger partial charge is 0.317 e. The van der Waals surface area contributed by atoms with Gasteiger partial charge in [-0.25, -0.2) is 0 Å². The molecule has 1 unspecified atom stereocenters. The molecule has 0 aromatic rings. The van der Waals surface area contributed by atoms with Crippen molar-refractivity contribution in [2.45, 2.75) is 71.6 Å². The fourth-order valence-corrected chi connectivity index (χ4v) is 3.21. The molecule has 0 aromatic carbocycles. The summed E-state index contributed by atoms with van der Waals surface area (Å²) in [4.78, 5) is 0. The van der Waals surface area contributed by atoms with E-state index in [1.165, 1.54) is 84.0 Å². The van der Waals surface area contributed by atoms with Crippen LogP contribution in [0.1, 0.15) is 71.6 Å². The zero-order chi connectivity index (χ0) is 13.8. The van der Waals surface area contributed by atoms with Crippen LogP contribution >= 0.6 is 0 Å². The lowest BCUT2D eigenvalue weighted by Gasteiger charge is -2.22. The van der Waals surface area contributed by atoms with Gasteiger partial charge in [-0.3, -0.25) is 0 Å². The van der Waals surface area contributed by atoms with Gasteiger partial charge in [0.15, 0.2) is 0 Å². The minimum atomic E-state index is 0.920. The van der Waals surface area contributed by atoms with Crippen LogP contribution < -0.4 is 10.6 Å².